The molecule has 92 valence electrons. The fraction of sp³-hybridized carbons (Fsp3) is 0. The molecule has 1 N–H and O–H groups in total. The molecule has 2 rings (SSSR count). The zero-order valence-electron chi connectivity index (χ0n) is 8.95. The van der Waals surface area contributed by atoms with E-state index in [9.17, 15) is 4.79 Å². The summed E-state index contributed by atoms with van der Waals surface area (Å²) in [5.41, 5.74) is 1.18. The molecule has 0 aliphatic carbocycles. The molecule has 0 aliphatic heterocycles. The van der Waals surface area contributed by atoms with E-state index in [1.807, 2.05) is 0 Å². The average molecular weight is 390 g/mol. The van der Waals surface area contributed by atoms with Crippen molar-refractivity contribution in [3.05, 3.63) is 56.2 Å². The Labute approximate surface area is 126 Å². The van der Waals surface area contributed by atoms with Crippen molar-refractivity contribution in [1.82, 2.24) is 4.98 Å². The number of pyridine rings is 1. The first-order valence-electron chi connectivity index (χ1n) is 4.94. The summed E-state index contributed by atoms with van der Waals surface area (Å²) in [5, 5.41) is 3.36. The molecule has 1 aromatic carbocycles. The van der Waals surface area contributed by atoms with Crippen LogP contribution in [-0.4, -0.2) is 10.9 Å². The maximum absolute atomic E-state index is 12.1. The highest BCUT2D eigenvalue weighted by Crippen LogP contribution is 2.24. The number of aromatic nitrogens is 1. The van der Waals surface area contributed by atoms with Crippen LogP contribution in [0.4, 0.5) is 5.69 Å². The van der Waals surface area contributed by atoms with Crippen LogP contribution in [0.2, 0.25) is 5.02 Å². The van der Waals surface area contributed by atoms with E-state index in [0.29, 0.717) is 20.7 Å². The molecule has 0 atom stereocenters. The number of amides is 1. The zero-order valence-corrected chi connectivity index (χ0v) is 12.9. The second-order valence-electron chi connectivity index (χ2n) is 3.43. The van der Waals surface area contributed by atoms with Crippen molar-refractivity contribution >= 4 is 55.1 Å². The maximum atomic E-state index is 12.1. The first-order chi connectivity index (χ1) is 8.58. The lowest BCUT2D eigenvalue weighted by molar-refractivity contribution is 0.102. The number of carbonyl (C=O) groups excluding carboxylic acids is 1. The Morgan fingerprint density at radius 3 is 2.67 bits per heavy atom. The summed E-state index contributed by atoms with van der Waals surface area (Å²) in [6.45, 7) is 0. The quantitative estimate of drug-likeness (QED) is 0.820. The van der Waals surface area contributed by atoms with Crippen molar-refractivity contribution in [2.75, 3.05) is 5.32 Å². The number of hydrogen-bond donors (Lipinski definition) is 1. The summed E-state index contributed by atoms with van der Waals surface area (Å²) < 4.78 is 1.38. The van der Waals surface area contributed by atoms with E-state index in [4.69, 9.17) is 11.6 Å². The van der Waals surface area contributed by atoms with Gasteiger partial charge in [-0.25, -0.2) is 0 Å². The molecule has 0 unspecified atom stereocenters. The van der Waals surface area contributed by atoms with Gasteiger partial charge >= 0.3 is 0 Å². The summed E-state index contributed by atoms with van der Waals surface area (Å²) in [6, 6.07) is 6.73. The maximum Gasteiger partial charge on any atom is 0.256 e. The predicted molar refractivity (Wildman–Crippen MR) is 79.0 cm³/mol. The normalized spacial score (nSPS) is 10.2. The monoisotopic (exact) mass is 388 g/mol. The van der Waals surface area contributed by atoms with Gasteiger partial charge in [0.05, 0.1) is 15.7 Å². The lowest BCUT2D eigenvalue weighted by atomic mass is 10.2. The van der Waals surface area contributed by atoms with E-state index < -0.39 is 0 Å². The van der Waals surface area contributed by atoms with Crippen LogP contribution in [0.15, 0.2) is 45.6 Å². The van der Waals surface area contributed by atoms with Gasteiger partial charge in [0.2, 0.25) is 0 Å². The van der Waals surface area contributed by atoms with Crippen molar-refractivity contribution < 1.29 is 4.79 Å². The van der Waals surface area contributed by atoms with Crippen LogP contribution in [-0.2, 0) is 0 Å². The summed E-state index contributed by atoms with van der Waals surface area (Å²) >= 11 is 12.5. The van der Waals surface area contributed by atoms with Gasteiger partial charge in [-0.3, -0.25) is 9.78 Å². The molecule has 0 saturated carbocycles. The highest BCUT2D eigenvalue weighted by atomic mass is 79.9. The van der Waals surface area contributed by atoms with E-state index in [2.05, 4.69) is 42.2 Å². The molecule has 1 amide bonds. The van der Waals surface area contributed by atoms with Gasteiger partial charge in [0.1, 0.15) is 0 Å². The highest BCUT2D eigenvalue weighted by molar-refractivity contribution is 9.11. The Morgan fingerprint density at radius 2 is 2.00 bits per heavy atom. The van der Waals surface area contributed by atoms with Crippen LogP contribution in [0.25, 0.3) is 0 Å². The largest absolute Gasteiger partial charge is 0.321 e. The third kappa shape index (κ3) is 3.10. The van der Waals surface area contributed by atoms with E-state index in [1.54, 1.807) is 36.7 Å². The van der Waals surface area contributed by atoms with Gasteiger partial charge in [-0.05, 0) is 56.1 Å². The van der Waals surface area contributed by atoms with Gasteiger partial charge in [-0.15, -0.1) is 0 Å². The minimum Gasteiger partial charge on any atom is -0.321 e. The van der Waals surface area contributed by atoms with Crippen molar-refractivity contribution in [3.63, 3.8) is 0 Å². The molecular formula is C12H7Br2ClN2O. The number of benzene rings is 1. The smallest absolute Gasteiger partial charge is 0.256 e. The summed E-state index contributed by atoms with van der Waals surface area (Å²) in [6.07, 6.45) is 3.23. The average Bonchev–Trinajstić information content (AvgIpc) is 2.32. The predicted octanol–water partition coefficient (Wildman–Crippen LogP) is 4.51. The van der Waals surface area contributed by atoms with Crippen LogP contribution in [0, 0.1) is 0 Å². The van der Waals surface area contributed by atoms with Gasteiger partial charge in [0.15, 0.2) is 0 Å². The van der Waals surface area contributed by atoms with Gasteiger partial charge < -0.3 is 5.32 Å². The second-order valence-corrected chi connectivity index (χ2v) is 5.58. The van der Waals surface area contributed by atoms with Crippen LogP contribution in [0.3, 0.4) is 0 Å². The first-order valence-corrected chi connectivity index (χ1v) is 6.90. The summed E-state index contributed by atoms with van der Waals surface area (Å²) in [4.78, 5) is 16.0. The van der Waals surface area contributed by atoms with E-state index in [1.165, 1.54) is 0 Å². The van der Waals surface area contributed by atoms with Crippen molar-refractivity contribution in [2.24, 2.45) is 0 Å². The Hall–Kier alpha value is -0.910. The molecule has 0 fully saturated rings. The molecule has 2 aromatic rings. The SMILES string of the molecule is O=C(Nc1ccncc1Br)c1ccc(Cl)cc1Br. The topological polar surface area (TPSA) is 42.0 Å². The number of rotatable bonds is 2. The molecule has 0 spiro atoms. The van der Waals surface area contributed by atoms with Crippen LogP contribution >= 0.6 is 43.5 Å². The number of anilines is 1. The molecule has 0 aliphatic rings. The molecule has 1 aromatic heterocycles. The van der Waals surface area contributed by atoms with Gasteiger partial charge in [-0.2, -0.15) is 0 Å². The van der Waals surface area contributed by atoms with Crippen LogP contribution < -0.4 is 5.32 Å². The third-order valence-corrected chi connectivity index (χ3v) is 3.72. The Balaban J connectivity index is 2.25. The fourth-order valence-electron chi connectivity index (χ4n) is 1.34. The molecule has 18 heavy (non-hydrogen) atoms. The van der Waals surface area contributed by atoms with E-state index >= 15 is 0 Å². The molecule has 0 bridgehead atoms. The standard InChI is InChI=1S/C12H7Br2ClN2O/c13-9-5-7(15)1-2-8(9)12(18)17-11-3-4-16-6-10(11)14/h1-6H,(H,16,17,18). The lowest BCUT2D eigenvalue weighted by Crippen LogP contribution is -2.12. The Bertz CT molecular complexity index is 604. The molecule has 3 nitrogen and oxygen atoms in total. The number of carbonyl (C=O) groups is 1. The Morgan fingerprint density at radius 1 is 1.22 bits per heavy atom. The van der Waals surface area contributed by atoms with Crippen molar-refractivity contribution in [2.45, 2.75) is 0 Å². The Kier molecular flexibility index (Phi) is 4.37. The van der Waals surface area contributed by atoms with Crippen molar-refractivity contribution in [3.8, 4) is 0 Å². The van der Waals surface area contributed by atoms with E-state index in [-0.39, 0.29) is 5.91 Å². The second kappa shape index (κ2) is 5.82. The fourth-order valence-corrected chi connectivity index (χ4v) is 2.55. The molecular weight excluding hydrogens is 383 g/mol. The van der Waals surface area contributed by atoms with Crippen LogP contribution in [0.1, 0.15) is 10.4 Å². The minimum atomic E-state index is -0.217. The molecule has 6 heteroatoms. The van der Waals surface area contributed by atoms with Gasteiger partial charge in [0.25, 0.3) is 5.91 Å². The van der Waals surface area contributed by atoms with Gasteiger partial charge in [-0.1, -0.05) is 11.6 Å². The molecule has 1 heterocycles. The van der Waals surface area contributed by atoms with Gasteiger partial charge in [0, 0.05) is 21.9 Å². The number of nitrogens with zero attached hydrogens (tertiary/aromatic N) is 1. The van der Waals surface area contributed by atoms with E-state index in [0.717, 1.165) is 4.47 Å². The number of hydrogen-bond acceptors (Lipinski definition) is 2. The minimum absolute atomic E-state index is 0.217. The molecule has 0 saturated heterocycles. The first kappa shape index (κ1) is 13.5. The number of nitrogens with one attached hydrogen (secondary N) is 1. The summed E-state index contributed by atoms with van der Waals surface area (Å²) in [5.74, 6) is -0.217. The molecule has 0 radical (unpaired) electrons. The van der Waals surface area contributed by atoms with Crippen LogP contribution in [0.5, 0.6) is 0 Å². The lowest BCUT2D eigenvalue weighted by Gasteiger charge is -2.08. The van der Waals surface area contributed by atoms with Crippen molar-refractivity contribution in [1.29, 1.82) is 0 Å². The third-order valence-electron chi connectivity index (χ3n) is 2.20. The number of halogens is 3. The summed E-state index contributed by atoms with van der Waals surface area (Å²) in [7, 11) is 0. The highest BCUT2D eigenvalue weighted by Gasteiger charge is 2.11. The zero-order chi connectivity index (χ0) is 13.1.